The van der Waals surface area contributed by atoms with Crippen molar-refractivity contribution in [1.29, 1.82) is 0 Å². The number of aromatic nitrogens is 4. The number of nitrogens with one attached hydrogen (secondary N) is 2. The zero-order valence-electron chi connectivity index (χ0n) is 16.8. The Morgan fingerprint density at radius 2 is 1.76 bits per heavy atom. The number of aromatic amines is 1. The average molecular weight is 387 g/mol. The zero-order chi connectivity index (χ0) is 20.1. The van der Waals surface area contributed by atoms with Crippen LogP contribution in [0, 0.1) is 0 Å². The van der Waals surface area contributed by atoms with Gasteiger partial charge in [0.15, 0.2) is 5.65 Å². The van der Waals surface area contributed by atoms with Crippen molar-refractivity contribution in [3.8, 4) is 0 Å². The van der Waals surface area contributed by atoms with Crippen LogP contribution in [0.5, 0.6) is 0 Å². The van der Waals surface area contributed by atoms with Crippen LogP contribution in [0.1, 0.15) is 32.3 Å². The largest absolute Gasteiger partial charge is 0.372 e. The summed E-state index contributed by atoms with van der Waals surface area (Å²) in [6.45, 7) is 6.56. The number of benzene rings is 2. The van der Waals surface area contributed by atoms with Crippen LogP contribution in [0.4, 0.5) is 11.6 Å². The highest BCUT2D eigenvalue weighted by atomic mass is 15.4. The molecule has 148 valence electrons. The predicted molar refractivity (Wildman–Crippen MR) is 120 cm³/mol. The molecule has 0 spiro atoms. The second-order valence-electron chi connectivity index (χ2n) is 6.95. The SMILES string of the molecule is CCCN(CCC)c1ccc(/C=N/Nc2nnc3c(n2)[nH]c2ccccc23)cc1. The van der Waals surface area contributed by atoms with Crippen LogP contribution in [0.15, 0.2) is 53.6 Å². The summed E-state index contributed by atoms with van der Waals surface area (Å²) in [4.78, 5) is 10.1. The molecule has 0 atom stereocenters. The molecule has 2 aromatic carbocycles. The molecular weight excluding hydrogens is 362 g/mol. The van der Waals surface area contributed by atoms with Crippen molar-refractivity contribution in [3.05, 3.63) is 54.1 Å². The van der Waals surface area contributed by atoms with E-state index in [9.17, 15) is 0 Å². The Bertz CT molecular complexity index is 1110. The van der Waals surface area contributed by atoms with Crippen molar-refractivity contribution >= 4 is 39.9 Å². The first kappa shape index (κ1) is 18.9. The maximum atomic E-state index is 4.46. The maximum absolute atomic E-state index is 4.46. The molecule has 0 aliphatic carbocycles. The van der Waals surface area contributed by atoms with Crippen LogP contribution in [-0.4, -0.2) is 39.5 Å². The summed E-state index contributed by atoms with van der Waals surface area (Å²) in [7, 11) is 0. The topological polar surface area (TPSA) is 82.1 Å². The molecule has 0 bridgehead atoms. The summed E-state index contributed by atoms with van der Waals surface area (Å²) in [5.74, 6) is 0.356. The first-order chi connectivity index (χ1) is 14.3. The summed E-state index contributed by atoms with van der Waals surface area (Å²) in [6.07, 6.45) is 4.04. The second kappa shape index (κ2) is 8.68. The third-order valence-corrected chi connectivity index (χ3v) is 4.75. The molecular formula is C22H25N7. The van der Waals surface area contributed by atoms with E-state index >= 15 is 0 Å². The Morgan fingerprint density at radius 1 is 1.00 bits per heavy atom. The van der Waals surface area contributed by atoms with Crippen molar-refractivity contribution in [3.63, 3.8) is 0 Å². The number of fused-ring (bicyclic) bond motifs is 3. The van der Waals surface area contributed by atoms with E-state index < -0.39 is 0 Å². The number of nitrogens with zero attached hydrogens (tertiary/aromatic N) is 5. The van der Waals surface area contributed by atoms with Gasteiger partial charge in [0, 0.05) is 29.7 Å². The van der Waals surface area contributed by atoms with Crippen LogP contribution >= 0.6 is 0 Å². The van der Waals surface area contributed by atoms with E-state index in [1.165, 1.54) is 5.69 Å². The summed E-state index contributed by atoms with van der Waals surface area (Å²) >= 11 is 0. The van der Waals surface area contributed by atoms with Gasteiger partial charge in [0.25, 0.3) is 5.95 Å². The van der Waals surface area contributed by atoms with Crippen molar-refractivity contribution in [1.82, 2.24) is 20.2 Å². The molecule has 0 radical (unpaired) electrons. The zero-order valence-corrected chi connectivity index (χ0v) is 16.8. The highest BCUT2D eigenvalue weighted by molar-refractivity contribution is 6.03. The summed E-state index contributed by atoms with van der Waals surface area (Å²) in [6, 6.07) is 16.4. The van der Waals surface area contributed by atoms with E-state index in [1.54, 1.807) is 6.21 Å². The lowest BCUT2D eigenvalue weighted by Gasteiger charge is -2.23. The van der Waals surface area contributed by atoms with Crippen LogP contribution in [0.3, 0.4) is 0 Å². The maximum Gasteiger partial charge on any atom is 0.265 e. The van der Waals surface area contributed by atoms with Crippen molar-refractivity contribution in [2.45, 2.75) is 26.7 Å². The monoisotopic (exact) mass is 387 g/mol. The van der Waals surface area contributed by atoms with Gasteiger partial charge in [0.1, 0.15) is 5.52 Å². The Labute approximate surface area is 169 Å². The molecule has 0 unspecified atom stereocenters. The Balaban J connectivity index is 1.45. The van der Waals surface area contributed by atoms with Crippen molar-refractivity contribution < 1.29 is 0 Å². The number of hydrogen-bond acceptors (Lipinski definition) is 6. The minimum absolute atomic E-state index is 0.356. The quantitative estimate of drug-likeness (QED) is 0.342. The van der Waals surface area contributed by atoms with Gasteiger partial charge in [-0.3, -0.25) is 0 Å². The molecule has 0 amide bonds. The molecule has 0 saturated carbocycles. The number of rotatable bonds is 8. The molecule has 0 aliphatic rings. The molecule has 2 heterocycles. The minimum atomic E-state index is 0.356. The first-order valence-corrected chi connectivity index (χ1v) is 10.0. The van der Waals surface area contributed by atoms with Crippen LogP contribution in [0.2, 0.25) is 0 Å². The number of H-pyrrole nitrogens is 1. The third kappa shape index (κ3) is 4.18. The number of hydrazone groups is 1. The van der Waals surface area contributed by atoms with Crippen LogP contribution in [-0.2, 0) is 0 Å². The van der Waals surface area contributed by atoms with Gasteiger partial charge in [-0.05, 0) is 36.6 Å². The molecule has 2 N–H and O–H groups in total. The first-order valence-electron chi connectivity index (χ1n) is 10.0. The number of para-hydroxylation sites is 1. The van der Waals surface area contributed by atoms with E-state index in [0.717, 1.165) is 47.9 Å². The fraction of sp³-hybridized carbons (Fsp3) is 0.273. The van der Waals surface area contributed by atoms with Gasteiger partial charge in [-0.25, -0.2) is 5.43 Å². The summed E-state index contributed by atoms with van der Waals surface area (Å²) < 4.78 is 0. The Hall–Kier alpha value is -3.48. The van der Waals surface area contributed by atoms with E-state index in [2.05, 4.69) is 73.7 Å². The minimum Gasteiger partial charge on any atom is -0.372 e. The summed E-state index contributed by atoms with van der Waals surface area (Å²) in [5, 5.41) is 13.7. The molecule has 0 fully saturated rings. The molecule has 7 nitrogen and oxygen atoms in total. The lowest BCUT2D eigenvalue weighted by atomic mass is 10.2. The summed E-state index contributed by atoms with van der Waals surface area (Å²) in [5.41, 5.74) is 7.56. The highest BCUT2D eigenvalue weighted by Crippen LogP contribution is 2.21. The van der Waals surface area contributed by atoms with E-state index in [1.807, 2.05) is 24.3 Å². The van der Waals surface area contributed by atoms with Gasteiger partial charge in [-0.1, -0.05) is 44.2 Å². The van der Waals surface area contributed by atoms with Crippen LogP contribution < -0.4 is 10.3 Å². The second-order valence-corrected chi connectivity index (χ2v) is 6.95. The normalized spacial score (nSPS) is 11.5. The van der Waals surface area contributed by atoms with Gasteiger partial charge in [-0.2, -0.15) is 10.1 Å². The average Bonchev–Trinajstić information content (AvgIpc) is 3.12. The van der Waals surface area contributed by atoms with E-state index in [-0.39, 0.29) is 0 Å². The van der Waals surface area contributed by atoms with Gasteiger partial charge < -0.3 is 9.88 Å². The van der Waals surface area contributed by atoms with E-state index in [0.29, 0.717) is 11.6 Å². The lowest BCUT2D eigenvalue weighted by Crippen LogP contribution is -2.24. The Morgan fingerprint density at radius 3 is 2.52 bits per heavy atom. The van der Waals surface area contributed by atoms with Gasteiger partial charge in [0.2, 0.25) is 0 Å². The smallest absolute Gasteiger partial charge is 0.265 e. The molecule has 29 heavy (non-hydrogen) atoms. The fourth-order valence-electron chi connectivity index (χ4n) is 3.41. The molecule has 4 aromatic rings. The fourth-order valence-corrected chi connectivity index (χ4v) is 3.41. The molecule has 7 heteroatoms. The molecule has 0 saturated heterocycles. The number of hydrogen-bond donors (Lipinski definition) is 2. The third-order valence-electron chi connectivity index (χ3n) is 4.75. The Kier molecular flexibility index (Phi) is 5.65. The number of anilines is 2. The van der Waals surface area contributed by atoms with Gasteiger partial charge in [-0.15, -0.1) is 10.2 Å². The van der Waals surface area contributed by atoms with Crippen molar-refractivity contribution in [2.75, 3.05) is 23.4 Å². The molecule has 0 aliphatic heterocycles. The molecule has 4 rings (SSSR count). The molecule has 2 aromatic heterocycles. The lowest BCUT2D eigenvalue weighted by molar-refractivity contribution is 0.745. The van der Waals surface area contributed by atoms with Crippen LogP contribution in [0.25, 0.3) is 22.1 Å². The van der Waals surface area contributed by atoms with Crippen molar-refractivity contribution in [2.24, 2.45) is 5.10 Å². The van der Waals surface area contributed by atoms with Gasteiger partial charge >= 0.3 is 0 Å². The standard InChI is InChI=1S/C22H25N7/c1-3-13-29(14-4-2)17-11-9-16(10-12-17)15-23-27-22-25-21-20(26-28-22)18-7-5-6-8-19(18)24-21/h5-12,15H,3-4,13-14H2,1-2H3,(H2,24,25,27,28)/b23-15+. The van der Waals surface area contributed by atoms with E-state index in [4.69, 9.17) is 0 Å². The van der Waals surface area contributed by atoms with Gasteiger partial charge in [0.05, 0.1) is 6.21 Å². The predicted octanol–water partition coefficient (Wildman–Crippen LogP) is 4.58. The highest BCUT2D eigenvalue weighted by Gasteiger charge is 2.08.